The van der Waals surface area contributed by atoms with Gasteiger partial charge in [-0.05, 0) is 17.7 Å². The molecule has 124 valence electrons. The van der Waals surface area contributed by atoms with Gasteiger partial charge in [0.2, 0.25) is 6.43 Å². The Balaban J connectivity index is 2.29. The third-order valence-corrected chi connectivity index (χ3v) is 3.68. The average Bonchev–Trinajstić information content (AvgIpc) is 2.44. The standard InChI is InChI=1S/C14H16F6N2/c15-11-7-9(1-2-10(11)14(18,19)20)12(8-13(16)17)22-5-3-21-4-6-22/h1-2,7,12-13,21H,3-6,8H2/t12-/m0/s1. The Bertz CT molecular complexity index is 497. The summed E-state index contributed by atoms with van der Waals surface area (Å²) in [4.78, 5) is 1.74. The maximum absolute atomic E-state index is 13.7. The van der Waals surface area contributed by atoms with E-state index in [0.717, 1.165) is 12.1 Å². The molecule has 8 heteroatoms. The molecule has 0 bridgehead atoms. The van der Waals surface area contributed by atoms with Crippen molar-refractivity contribution in [2.24, 2.45) is 0 Å². The molecular weight excluding hydrogens is 310 g/mol. The lowest BCUT2D eigenvalue weighted by atomic mass is 9.99. The summed E-state index contributed by atoms with van der Waals surface area (Å²) in [6, 6.07) is 1.63. The second-order valence-electron chi connectivity index (χ2n) is 5.17. The van der Waals surface area contributed by atoms with Gasteiger partial charge in [0.05, 0.1) is 5.56 Å². The van der Waals surface area contributed by atoms with Gasteiger partial charge in [0.25, 0.3) is 0 Å². The van der Waals surface area contributed by atoms with Crippen molar-refractivity contribution in [2.75, 3.05) is 26.2 Å². The summed E-state index contributed by atoms with van der Waals surface area (Å²) in [5.41, 5.74) is -1.24. The third-order valence-electron chi connectivity index (χ3n) is 3.68. The maximum atomic E-state index is 13.7. The molecule has 1 saturated heterocycles. The Kier molecular flexibility index (Phi) is 5.33. The highest BCUT2D eigenvalue weighted by molar-refractivity contribution is 5.29. The normalized spacial score (nSPS) is 18.7. The Morgan fingerprint density at radius 1 is 1.14 bits per heavy atom. The summed E-state index contributed by atoms with van der Waals surface area (Å²) in [5, 5.41) is 3.06. The molecule has 0 amide bonds. The van der Waals surface area contributed by atoms with Gasteiger partial charge >= 0.3 is 6.18 Å². The molecule has 0 radical (unpaired) electrons. The second kappa shape index (κ2) is 6.87. The van der Waals surface area contributed by atoms with Crippen LogP contribution >= 0.6 is 0 Å². The van der Waals surface area contributed by atoms with Crippen LogP contribution in [0.5, 0.6) is 0 Å². The van der Waals surface area contributed by atoms with Crippen molar-refractivity contribution >= 4 is 0 Å². The van der Waals surface area contributed by atoms with E-state index in [2.05, 4.69) is 5.32 Å². The van der Waals surface area contributed by atoms with E-state index in [1.165, 1.54) is 0 Å². The number of piperazine rings is 1. The SMILES string of the molecule is Fc1cc([C@H](CC(F)F)N2CCNCC2)ccc1C(F)(F)F. The Morgan fingerprint density at radius 3 is 2.27 bits per heavy atom. The summed E-state index contributed by atoms with van der Waals surface area (Å²) >= 11 is 0. The van der Waals surface area contributed by atoms with E-state index in [0.29, 0.717) is 32.2 Å². The lowest BCUT2D eigenvalue weighted by Gasteiger charge is -2.35. The van der Waals surface area contributed by atoms with E-state index in [9.17, 15) is 26.3 Å². The molecular formula is C14H16F6N2. The van der Waals surface area contributed by atoms with Crippen LogP contribution in [0.3, 0.4) is 0 Å². The van der Waals surface area contributed by atoms with Crippen molar-refractivity contribution in [1.29, 1.82) is 0 Å². The summed E-state index contributed by atoms with van der Waals surface area (Å²) in [6.45, 7) is 2.17. The molecule has 1 heterocycles. The van der Waals surface area contributed by atoms with Gasteiger partial charge in [-0.25, -0.2) is 13.2 Å². The van der Waals surface area contributed by atoms with Gasteiger partial charge in [-0.1, -0.05) is 6.07 Å². The fraction of sp³-hybridized carbons (Fsp3) is 0.571. The zero-order chi connectivity index (χ0) is 16.3. The summed E-state index contributed by atoms with van der Waals surface area (Å²) in [6.07, 6.45) is -7.95. The monoisotopic (exact) mass is 326 g/mol. The van der Waals surface area contributed by atoms with Gasteiger partial charge in [0.15, 0.2) is 0 Å². The van der Waals surface area contributed by atoms with Gasteiger partial charge in [-0.15, -0.1) is 0 Å². The van der Waals surface area contributed by atoms with Crippen molar-refractivity contribution in [3.8, 4) is 0 Å². The number of rotatable bonds is 4. The molecule has 1 aromatic rings. The topological polar surface area (TPSA) is 15.3 Å². The van der Waals surface area contributed by atoms with Crippen molar-refractivity contribution in [2.45, 2.75) is 25.1 Å². The minimum atomic E-state index is -4.80. The van der Waals surface area contributed by atoms with Gasteiger partial charge in [0.1, 0.15) is 5.82 Å². The summed E-state index contributed by atoms with van der Waals surface area (Å²) in [5.74, 6) is -1.43. The number of hydrogen-bond donors (Lipinski definition) is 1. The fourth-order valence-corrected chi connectivity index (χ4v) is 2.63. The van der Waals surface area contributed by atoms with E-state index in [1.807, 2.05) is 0 Å². The number of hydrogen-bond acceptors (Lipinski definition) is 2. The van der Waals surface area contributed by atoms with Crippen molar-refractivity contribution in [1.82, 2.24) is 10.2 Å². The second-order valence-corrected chi connectivity index (χ2v) is 5.17. The molecule has 0 aliphatic carbocycles. The van der Waals surface area contributed by atoms with Gasteiger partial charge in [-0.2, -0.15) is 13.2 Å². The number of nitrogens with zero attached hydrogens (tertiary/aromatic N) is 1. The highest BCUT2D eigenvalue weighted by atomic mass is 19.4. The molecule has 1 fully saturated rings. The van der Waals surface area contributed by atoms with E-state index in [-0.39, 0.29) is 5.56 Å². The smallest absolute Gasteiger partial charge is 0.314 e. The number of nitrogens with one attached hydrogen (secondary N) is 1. The quantitative estimate of drug-likeness (QED) is 0.853. The van der Waals surface area contributed by atoms with Crippen LogP contribution in [0.4, 0.5) is 26.3 Å². The highest BCUT2D eigenvalue weighted by Crippen LogP contribution is 2.34. The molecule has 2 rings (SSSR count). The first kappa shape index (κ1) is 17.1. The van der Waals surface area contributed by atoms with Crippen LogP contribution < -0.4 is 5.32 Å². The van der Waals surface area contributed by atoms with Crippen LogP contribution in [0.15, 0.2) is 18.2 Å². The van der Waals surface area contributed by atoms with E-state index in [1.54, 1.807) is 4.90 Å². The van der Waals surface area contributed by atoms with Crippen LogP contribution in [-0.2, 0) is 6.18 Å². The van der Waals surface area contributed by atoms with Gasteiger partial charge in [-0.3, -0.25) is 4.90 Å². The van der Waals surface area contributed by atoms with Crippen LogP contribution in [0, 0.1) is 5.82 Å². The summed E-state index contributed by atoms with van der Waals surface area (Å²) < 4.78 is 76.9. The average molecular weight is 326 g/mol. The lowest BCUT2D eigenvalue weighted by Crippen LogP contribution is -2.45. The molecule has 2 nitrogen and oxygen atoms in total. The Labute approximate surface area is 124 Å². The first-order valence-electron chi connectivity index (χ1n) is 6.88. The molecule has 1 atom stereocenters. The molecule has 1 N–H and O–H groups in total. The molecule has 0 aromatic heterocycles. The predicted molar refractivity (Wildman–Crippen MR) is 69.2 cm³/mol. The molecule has 22 heavy (non-hydrogen) atoms. The van der Waals surface area contributed by atoms with E-state index in [4.69, 9.17) is 0 Å². The first-order chi connectivity index (χ1) is 10.3. The Morgan fingerprint density at radius 2 is 1.77 bits per heavy atom. The zero-order valence-corrected chi connectivity index (χ0v) is 11.6. The first-order valence-corrected chi connectivity index (χ1v) is 6.88. The zero-order valence-electron chi connectivity index (χ0n) is 11.6. The molecule has 0 unspecified atom stereocenters. The van der Waals surface area contributed by atoms with E-state index >= 15 is 0 Å². The minimum Gasteiger partial charge on any atom is -0.314 e. The molecule has 0 spiro atoms. The van der Waals surface area contributed by atoms with Crippen LogP contribution in [0.1, 0.15) is 23.6 Å². The fourth-order valence-electron chi connectivity index (χ4n) is 2.63. The van der Waals surface area contributed by atoms with Crippen molar-refractivity contribution in [3.05, 3.63) is 35.1 Å². The molecule has 1 aliphatic heterocycles. The van der Waals surface area contributed by atoms with Crippen LogP contribution in [0.25, 0.3) is 0 Å². The van der Waals surface area contributed by atoms with Gasteiger partial charge in [0, 0.05) is 38.6 Å². The lowest BCUT2D eigenvalue weighted by molar-refractivity contribution is -0.140. The summed E-state index contributed by atoms with van der Waals surface area (Å²) in [7, 11) is 0. The van der Waals surface area contributed by atoms with E-state index < -0.39 is 36.4 Å². The largest absolute Gasteiger partial charge is 0.419 e. The number of halogens is 6. The van der Waals surface area contributed by atoms with Crippen LogP contribution in [-0.4, -0.2) is 37.5 Å². The number of benzene rings is 1. The molecule has 1 aliphatic rings. The maximum Gasteiger partial charge on any atom is 0.419 e. The number of alkyl halides is 5. The van der Waals surface area contributed by atoms with Gasteiger partial charge < -0.3 is 5.32 Å². The highest BCUT2D eigenvalue weighted by Gasteiger charge is 2.35. The van der Waals surface area contributed by atoms with Crippen molar-refractivity contribution < 1.29 is 26.3 Å². The molecule has 0 saturated carbocycles. The van der Waals surface area contributed by atoms with Crippen molar-refractivity contribution in [3.63, 3.8) is 0 Å². The molecule has 1 aromatic carbocycles. The minimum absolute atomic E-state index is 0.146. The third kappa shape index (κ3) is 4.13. The Hall–Kier alpha value is -1.28. The van der Waals surface area contributed by atoms with Crippen LogP contribution in [0.2, 0.25) is 0 Å². The predicted octanol–water partition coefficient (Wildman–Crippen LogP) is 3.45.